The highest BCUT2D eigenvalue weighted by Gasteiger charge is 2.09. The van der Waals surface area contributed by atoms with E-state index >= 15 is 0 Å². The average molecular weight is 145 g/mol. The van der Waals surface area contributed by atoms with Crippen LogP contribution in [0.5, 0.6) is 0 Å². The summed E-state index contributed by atoms with van der Waals surface area (Å²) in [6.07, 6.45) is -0.00708. The van der Waals surface area contributed by atoms with E-state index in [0.717, 1.165) is 6.42 Å². The van der Waals surface area contributed by atoms with Crippen LogP contribution in [-0.4, -0.2) is 23.2 Å². The van der Waals surface area contributed by atoms with Crippen molar-refractivity contribution in [2.75, 3.05) is 0 Å². The zero-order valence-corrected chi connectivity index (χ0v) is 6.72. The molecule has 10 heavy (non-hydrogen) atoms. The van der Waals surface area contributed by atoms with Gasteiger partial charge in [-0.1, -0.05) is 6.92 Å². The Morgan fingerprint density at radius 2 is 2.10 bits per heavy atom. The lowest BCUT2D eigenvalue weighted by Gasteiger charge is -2.12. The van der Waals surface area contributed by atoms with Gasteiger partial charge in [0.2, 0.25) is 5.91 Å². The maximum absolute atomic E-state index is 10.8. The molecule has 60 valence electrons. The highest BCUT2D eigenvalue weighted by molar-refractivity contribution is 5.80. The standard InChI is InChI=1S/C7H15NO2/c1-4-5(2)8-7(10)6(3)9/h5-6,9H,4H2,1-3H3,(H,8,10)/t5-,6-/m1/s1. The van der Waals surface area contributed by atoms with Crippen LogP contribution >= 0.6 is 0 Å². The third-order valence-electron chi connectivity index (χ3n) is 1.38. The molecule has 0 aromatic carbocycles. The maximum Gasteiger partial charge on any atom is 0.248 e. The molecule has 0 aliphatic carbocycles. The van der Waals surface area contributed by atoms with E-state index in [1.54, 1.807) is 0 Å². The van der Waals surface area contributed by atoms with Gasteiger partial charge < -0.3 is 10.4 Å². The van der Waals surface area contributed by atoms with Gasteiger partial charge in [0.25, 0.3) is 0 Å². The van der Waals surface area contributed by atoms with E-state index < -0.39 is 6.10 Å². The van der Waals surface area contributed by atoms with Crippen molar-refractivity contribution in [3.8, 4) is 0 Å². The van der Waals surface area contributed by atoms with Crippen molar-refractivity contribution in [1.82, 2.24) is 5.32 Å². The Kier molecular flexibility index (Phi) is 4.03. The molecule has 3 nitrogen and oxygen atoms in total. The fourth-order valence-corrected chi connectivity index (χ4v) is 0.466. The summed E-state index contributed by atoms with van der Waals surface area (Å²) in [4.78, 5) is 10.8. The molecule has 0 aliphatic heterocycles. The van der Waals surface area contributed by atoms with E-state index in [-0.39, 0.29) is 11.9 Å². The monoisotopic (exact) mass is 145 g/mol. The van der Waals surface area contributed by atoms with Crippen molar-refractivity contribution >= 4 is 5.91 Å². The number of rotatable bonds is 3. The second-order valence-corrected chi connectivity index (χ2v) is 2.49. The molecule has 0 unspecified atom stereocenters. The molecule has 3 heteroatoms. The molecule has 0 aromatic heterocycles. The lowest BCUT2D eigenvalue weighted by Crippen LogP contribution is -2.38. The van der Waals surface area contributed by atoms with Crippen molar-refractivity contribution in [2.24, 2.45) is 0 Å². The van der Waals surface area contributed by atoms with Crippen molar-refractivity contribution in [1.29, 1.82) is 0 Å². The quantitative estimate of drug-likeness (QED) is 0.599. The maximum atomic E-state index is 10.8. The molecule has 2 atom stereocenters. The Hall–Kier alpha value is -0.570. The first-order valence-corrected chi connectivity index (χ1v) is 3.56. The molecule has 0 bridgehead atoms. The van der Waals surface area contributed by atoms with Crippen molar-refractivity contribution in [2.45, 2.75) is 39.3 Å². The third-order valence-corrected chi connectivity index (χ3v) is 1.38. The first kappa shape index (κ1) is 9.43. The molecule has 0 saturated carbocycles. The first-order valence-electron chi connectivity index (χ1n) is 3.56. The largest absolute Gasteiger partial charge is 0.384 e. The number of nitrogens with one attached hydrogen (secondary N) is 1. The van der Waals surface area contributed by atoms with E-state index in [9.17, 15) is 4.79 Å². The van der Waals surface area contributed by atoms with Gasteiger partial charge in [-0.2, -0.15) is 0 Å². The topological polar surface area (TPSA) is 49.3 Å². The summed E-state index contributed by atoms with van der Waals surface area (Å²) in [7, 11) is 0. The van der Waals surface area contributed by atoms with Crippen LogP contribution in [0.1, 0.15) is 27.2 Å². The summed E-state index contributed by atoms with van der Waals surface area (Å²) in [6, 6.07) is 0.155. The zero-order chi connectivity index (χ0) is 8.15. The van der Waals surface area contributed by atoms with Gasteiger partial charge in [-0.05, 0) is 20.3 Å². The molecule has 0 spiro atoms. The Morgan fingerprint density at radius 1 is 1.60 bits per heavy atom. The predicted octanol–water partition coefficient (Wildman–Crippen LogP) is 0.282. The molecule has 0 aliphatic rings. The van der Waals surface area contributed by atoms with Crippen LogP contribution in [0.3, 0.4) is 0 Å². The number of aliphatic hydroxyl groups excluding tert-OH is 1. The van der Waals surface area contributed by atoms with Gasteiger partial charge in [0.15, 0.2) is 0 Å². The molecule has 2 N–H and O–H groups in total. The summed E-state index contributed by atoms with van der Waals surface area (Å²) in [5.74, 6) is -0.297. The molecule has 0 radical (unpaired) electrons. The Balaban J connectivity index is 3.57. The third kappa shape index (κ3) is 3.45. The SMILES string of the molecule is CC[C@@H](C)NC(=O)[C@@H](C)O. The Bertz CT molecular complexity index is 112. The van der Waals surface area contributed by atoms with Crippen molar-refractivity contribution in [3.05, 3.63) is 0 Å². The highest BCUT2D eigenvalue weighted by atomic mass is 16.3. The van der Waals surface area contributed by atoms with Gasteiger partial charge in [-0.25, -0.2) is 0 Å². The molecular formula is C7H15NO2. The lowest BCUT2D eigenvalue weighted by atomic mass is 10.2. The zero-order valence-electron chi connectivity index (χ0n) is 6.72. The number of carbonyl (C=O) groups is 1. The molecule has 0 rings (SSSR count). The van der Waals surface area contributed by atoms with Crippen molar-refractivity contribution < 1.29 is 9.90 Å². The van der Waals surface area contributed by atoms with Crippen molar-refractivity contribution in [3.63, 3.8) is 0 Å². The van der Waals surface area contributed by atoms with Crippen LogP contribution in [0.25, 0.3) is 0 Å². The van der Waals surface area contributed by atoms with Gasteiger partial charge >= 0.3 is 0 Å². The number of hydrogen-bond acceptors (Lipinski definition) is 2. The minimum absolute atomic E-state index is 0.155. The summed E-state index contributed by atoms with van der Waals surface area (Å²) in [6.45, 7) is 5.34. The molecule has 0 fully saturated rings. The van der Waals surface area contributed by atoms with E-state index in [2.05, 4.69) is 5.32 Å². The van der Waals surface area contributed by atoms with Gasteiger partial charge in [-0.15, -0.1) is 0 Å². The number of amides is 1. The van der Waals surface area contributed by atoms with Gasteiger partial charge in [0, 0.05) is 6.04 Å². The second kappa shape index (κ2) is 4.28. The summed E-state index contributed by atoms with van der Waals surface area (Å²) in [5, 5.41) is 11.4. The first-order chi connectivity index (χ1) is 4.57. The summed E-state index contributed by atoms with van der Waals surface area (Å²) >= 11 is 0. The van der Waals surface area contributed by atoms with Crippen LogP contribution < -0.4 is 5.32 Å². The smallest absolute Gasteiger partial charge is 0.248 e. The van der Waals surface area contributed by atoms with Crippen LogP contribution in [0.4, 0.5) is 0 Å². The Labute approximate surface area is 61.4 Å². The Morgan fingerprint density at radius 3 is 2.40 bits per heavy atom. The molecular weight excluding hydrogens is 130 g/mol. The molecule has 0 aromatic rings. The van der Waals surface area contributed by atoms with E-state index in [1.165, 1.54) is 6.92 Å². The predicted molar refractivity (Wildman–Crippen MR) is 39.6 cm³/mol. The van der Waals surface area contributed by atoms with Gasteiger partial charge in [-0.3, -0.25) is 4.79 Å². The van der Waals surface area contributed by atoms with Crippen LogP contribution in [0, 0.1) is 0 Å². The van der Waals surface area contributed by atoms with E-state index in [1.807, 2.05) is 13.8 Å². The number of hydrogen-bond donors (Lipinski definition) is 2. The number of carbonyl (C=O) groups excluding carboxylic acids is 1. The van der Waals surface area contributed by atoms with E-state index in [4.69, 9.17) is 5.11 Å². The van der Waals surface area contributed by atoms with E-state index in [0.29, 0.717) is 0 Å². The van der Waals surface area contributed by atoms with Gasteiger partial charge in [0.1, 0.15) is 6.10 Å². The molecule has 0 heterocycles. The number of aliphatic hydroxyl groups is 1. The molecule has 0 saturated heterocycles. The van der Waals surface area contributed by atoms with Crippen LogP contribution in [-0.2, 0) is 4.79 Å². The summed E-state index contributed by atoms with van der Waals surface area (Å²) < 4.78 is 0. The lowest BCUT2D eigenvalue weighted by molar-refractivity contribution is -0.129. The highest BCUT2D eigenvalue weighted by Crippen LogP contribution is 1.89. The minimum atomic E-state index is -0.894. The average Bonchev–Trinajstić information content (AvgIpc) is 1.87. The van der Waals surface area contributed by atoms with Crippen LogP contribution in [0.15, 0.2) is 0 Å². The fraction of sp³-hybridized carbons (Fsp3) is 0.857. The molecule has 1 amide bonds. The second-order valence-electron chi connectivity index (χ2n) is 2.49. The fourth-order valence-electron chi connectivity index (χ4n) is 0.466. The van der Waals surface area contributed by atoms with Crippen LogP contribution in [0.2, 0.25) is 0 Å². The normalized spacial score (nSPS) is 16.0. The minimum Gasteiger partial charge on any atom is -0.384 e. The summed E-state index contributed by atoms with van der Waals surface area (Å²) in [5.41, 5.74) is 0. The van der Waals surface area contributed by atoms with Gasteiger partial charge in [0.05, 0.1) is 0 Å².